The van der Waals surface area contributed by atoms with Gasteiger partial charge in [0.05, 0.1) is 17.9 Å². The van der Waals surface area contributed by atoms with E-state index >= 15 is 0 Å². The topological polar surface area (TPSA) is 108 Å². The normalized spacial score (nSPS) is 27.2. The molecule has 2 heterocycles. The van der Waals surface area contributed by atoms with Crippen LogP contribution >= 0.6 is 0 Å². The van der Waals surface area contributed by atoms with Crippen molar-refractivity contribution in [3.8, 4) is 0 Å². The number of likely N-dealkylation sites (tertiary alicyclic amines) is 2. The van der Waals surface area contributed by atoms with Crippen molar-refractivity contribution in [1.82, 2.24) is 9.80 Å². The summed E-state index contributed by atoms with van der Waals surface area (Å²) in [6, 6.07) is 6.19. The van der Waals surface area contributed by atoms with E-state index in [0.717, 1.165) is 18.4 Å². The second kappa shape index (κ2) is 7.13. The molecule has 2 aliphatic rings. The number of hydrogen-bond donors (Lipinski definition) is 2. The molecule has 3 N–H and O–H groups in total. The van der Waals surface area contributed by atoms with Gasteiger partial charge < -0.3 is 10.6 Å². The number of nitrogens with two attached hydrogens (primary N) is 1. The molecule has 7 heteroatoms. The first-order valence-corrected chi connectivity index (χ1v) is 9.38. The minimum atomic E-state index is -0.559. The van der Waals surface area contributed by atoms with Gasteiger partial charge in [0, 0.05) is 25.1 Å². The van der Waals surface area contributed by atoms with Crippen LogP contribution in [-0.2, 0) is 14.4 Å². The van der Waals surface area contributed by atoms with Crippen molar-refractivity contribution < 1.29 is 14.4 Å². The molecule has 3 amide bonds. The molecule has 4 atom stereocenters. The van der Waals surface area contributed by atoms with Crippen LogP contribution in [0.2, 0.25) is 0 Å². The zero-order valence-electron chi connectivity index (χ0n) is 15.9. The molecule has 0 saturated carbocycles. The minimum Gasteiger partial charge on any atom is -0.384 e. The third-order valence-electron chi connectivity index (χ3n) is 5.75. The van der Waals surface area contributed by atoms with Crippen LogP contribution in [0.3, 0.4) is 0 Å². The lowest BCUT2D eigenvalue weighted by Gasteiger charge is -2.31. The Balaban J connectivity index is 2.02. The quantitative estimate of drug-likeness (QED) is 0.467. The Hall–Kier alpha value is -2.70. The number of carbonyl (C=O) groups is 3. The number of hydrogen-bond acceptors (Lipinski definition) is 4. The van der Waals surface area contributed by atoms with E-state index in [4.69, 9.17) is 11.1 Å². The second-order valence-electron chi connectivity index (χ2n) is 7.38. The Morgan fingerprint density at radius 1 is 1.15 bits per heavy atom. The van der Waals surface area contributed by atoms with Gasteiger partial charge in [0.25, 0.3) is 0 Å². The molecule has 0 aliphatic carbocycles. The fourth-order valence-corrected chi connectivity index (χ4v) is 4.46. The first-order valence-electron chi connectivity index (χ1n) is 9.38. The van der Waals surface area contributed by atoms with E-state index in [1.165, 1.54) is 11.8 Å². The van der Waals surface area contributed by atoms with Gasteiger partial charge in [-0.2, -0.15) is 0 Å². The Bertz CT molecular complexity index is 789. The van der Waals surface area contributed by atoms with Crippen LogP contribution in [0, 0.1) is 17.2 Å². The highest BCUT2D eigenvalue weighted by molar-refractivity contribution is 6.07. The molecule has 2 fully saturated rings. The van der Waals surface area contributed by atoms with Crippen LogP contribution in [0.5, 0.6) is 0 Å². The summed E-state index contributed by atoms with van der Waals surface area (Å²) in [6.45, 7) is 5.77. The zero-order chi connectivity index (χ0) is 19.9. The van der Waals surface area contributed by atoms with Crippen LogP contribution in [0.4, 0.5) is 0 Å². The number of fused-ring (bicyclic) bond motifs is 1. The molecular formula is C20H26N4O3. The Kier molecular flexibility index (Phi) is 5.04. The van der Waals surface area contributed by atoms with Crippen molar-refractivity contribution in [2.45, 2.75) is 45.7 Å². The Morgan fingerprint density at radius 2 is 1.74 bits per heavy atom. The van der Waals surface area contributed by atoms with Gasteiger partial charge in [-0.05, 0) is 18.9 Å². The number of nitrogen functional groups attached to an aromatic ring is 1. The van der Waals surface area contributed by atoms with E-state index in [1.807, 2.05) is 13.8 Å². The van der Waals surface area contributed by atoms with Gasteiger partial charge in [-0.3, -0.25) is 24.7 Å². The SMILES string of the molecule is CCCCN1C(=O)C2C(C1=O)C(c1ccc(C(=N)N)cc1)N(C(C)=O)C2C. The van der Waals surface area contributed by atoms with E-state index in [9.17, 15) is 14.4 Å². The summed E-state index contributed by atoms with van der Waals surface area (Å²) in [5.74, 6) is -1.61. The number of unbranched alkanes of at least 4 members (excludes halogenated alkanes) is 1. The fourth-order valence-electron chi connectivity index (χ4n) is 4.46. The standard InChI is InChI=1S/C20H26N4O3/c1-4-5-10-23-19(26)15-11(2)24(12(3)25)17(16(15)20(23)27)13-6-8-14(9-7-13)18(21)22/h6-9,11,15-17H,4-5,10H2,1-3H3,(H3,21,22). The highest BCUT2D eigenvalue weighted by Gasteiger charge is 2.61. The minimum absolute atomic E-state index is 0.0412. The molecule has 144 valence electrons. The molecule has 27 heavy (non-hydrogen) atoms. The molecule has 1 aromatic carbocycles. The van der Waals surface area contributed by atoms with Crippen LogP contribution in [0.15, 0.2) is 24.3 Å². The third-order valence-corrected chi connectivity index (χ3v) is 5.75. The van der Waals surface area contributed by atoms with Crippen molar-refractivity contribution in [2.24, 2.45) is 17.6 Å². The Morgan fingerprint density at radius 3 is 2.26 bits per heavy atom. The van der Waals surface area contributed by atoms with Crippen LogP contribution in [-0.4, -0.2) is 45.9 Å². The monoisotopic (exact) mass is 370 g/mol. The van der Waals surface area contributed by atoms with Crippen molar-refractivity contribution in [3.05, 3.63) is 35.4 Å². The van der Waals surface area contributed by atoms with Gasteiger partial charge in [0.2, 0.25) is 17.7 Å². The highest BCUT2D eigenvalue weighted by Crippen LogP contribution is 2.49. The number of amides is 3. The van der Waals surface area contributed by atoms with Crippen molar-refractivity contribution >= 4 is 23.6 Å². The largest absolute Gasteiger partial charge is 0.384 e. The van der Waals surface area contributed by atoms with Gasteiger partial charge in [0.15, 0.2) is 0 Å². The highest BCUT2D eigenvalue weighted by atomic mass is 16.2. The number of benzene rings is 1. The maximum absolute atomic E-state index is 13.1. The van der Waals surface area contributed by atoms with E-state index in [0.29, 0.717) is 12.1 Å². The smallest absolute Gasteiger partial charge is 0.235 e. The van der Waals surface area contributed by atoms with Crippen LogP contribution < -0.4 is 5.73 Å². The zero-order valence-corrected chi connectivity index (χ0v) is 15.9. The van der Waals surface area contributed by atoms with Crippen molar-refractivity contribution in [1.29, 1.82) is 5.41 Å². The summed E-state index contributed by atoms with van der Waals surface area (Å²) in [7, 11) is 0. The second-order valence-corrected chi connectivity index (χ2v) is 7.38. The maximum atomic E-state index is 13.1. The van der Waals surface area contributed by atoms with Crippen LogP contribution in [0.1, 0.15) is 50.8 Å². The predicted molar refractivity (Wildman–Crippen MR) is 101 cm³/mol. The number of carbonyl (C=O) groups excluding carboxylic acids is 3. The summed E-state index contributed by atoms with van der Waals surface area (Å²) >= 11 is 0. The summed E-state index contributed by atoms with van der Waals surface area (Å²) in [5, 5.41) is 7.53. The number of rotatable bonds is 5. The Labute approximate surface area is 159 Å². The number of imide groups is 1. The van der Waals surface area contributed by atoms with Crippen molar-refractivity contribution in [2.75, 3.05) is 6.54 Å². The third kappa shape index (κ3) is 3.01. The van der Waals surface area contributed by atoms with Gasteiger partial charge in [0.1, 0.15) is 5.84 Å². The molecule has 0 radical (unpaired) electrons. The fraction of sp³-hybridized carbons (Fsp3) is 0.500. The number of nitrogens with one attached hydrogen (secondary N) is 1. The average Bonchev–Trinajstić information content (AvgIpc) is 3.06. The van der Waals surface area contributed by atoms with Crippen LogP contribution in [0.25, 0.3) is 0 Å². The molecule has 4 unspecified atom stereocenters. The van der Waals surface area contributed by atoms with E-state index < -0.39 is 17.9 Å². The van der Waals surface area contributed by atoms with E-state index in [1.54, 1.807) is 29.2 Å². The van der Waals surface area contributed by atoms with E-state index in [-0.39, 0.29) is 29.6 Å². The van der Waals surface area contributed by atoms with Crippen molar-refractivity contribution in [3.63, 3.8) is 0 Å². The molecule has 1 aromatic rings. The molecule has 0 spiro atoms. The summed E-state index contributed by atoms with van der Waals surface area (Å²) in [4.78, 5) is 41.4. The van der Waals surface area contributed by atoms with Gasteiger partial charge in [-0.15, -0.1) is 0 Å². The predicted octanol–water partition coefficient (Wildman–Crippen LogP) is 1.66. The first kappa shape index (κ1) is 19.1. The molecule has 0 bridgehead atoms. The molecule has 2 aliphatic heterocycles. The van der Waals surface area contributed by atoms with Gasteiger partial charge >= 0.3 is 0 Å². The molecule has 3 rings (SSSR count). The summed E-state index contributed by atoms with van der Waals surface area (Å²) < 4.78 is 0. The summed E-state index contributed by atoms with van der Waals surface area (Å²) in [6.07, 6.45) is 1.68. The van der Waals surface area contributed by atoms with Gasteiger partial charge in [-0.25, -0.2) is 0 Å². The van der Waals surface area contributed by atoms with Gasteiger partial charge in [-0.1, -0.05) is 37.6 Å². The molecular weight excluding hydrogens is 344 g/mol. The number of nitrogens with zero attached hydrogens (tertiary/aromatic N) is 2. The average molecular weight is 370 g/mol. The molecule has 7 nitrogen and oxygen atoms in total. The lowest BCUT2D eigenvalue weighted by molar-refractivity contribution is -0.143. The lowest BCUT2D eigenvalue weighted by Crippen LogP contribution is -2.42. The number of amidine groups is 1. The summed E-state index contributed by atoms with van der Waals surface area (Å²) in [5.41, 5.74) is 6.88. The molecule has 2 saturated heterocycles. The molecule has 0 aromatic heterocycles. The lowest BCUT2D eigenvalue weighted by atomic mass is 9.86. The first-order chi connectivity index (χ1) is 12.8. The van der Waals surface area contributed by atoms with E-state index in [2.05, 4.69) is 0 Å². The maximum Gasteiger partial charge on any atom is 0.235 e.